The van der Waals surface area contributed by atoms with Gasteiger partial charge in [-0.3, -0.25) is 24.0 Å². The van der Waals surface area contributed by atoms with Crippen molar-refractivity contribution < 1.29 is 34.2 Å². The van der Waals surface area contributed by atoms with Crippen LogP contribution in [0.3, 0.4) is 0 Å². The maximum Gasteiger partial charge on any atom is 0.322 e. The summed E-state index contributed by atoms with van der Waals surface area (Å²) in [5.74, 6) is -4.65. The molecule has 0 aliphatic carbocycles. The summed E-state index contributed by atoms with van der Waals surface area (Å²) in [6.07, 6.45) is -0.366. The highest BCUT2D eigenvalue weighted by molar-refractivity contribution is 5.93. The lowest BCUT2D eigenvalue weighted by Crippen LogP contribution is -2.57. The molecule has 0 saturated carbocycles. The lowest BCUT2D eigenvalue weighted by molar-refractivity contribution is -0.139. The predicted octanol–water partition coefficient (Wildman–Crippen LogP) is -1.98. The number of carboxylic acid groups (broad SMARTS) is 2. The monoisotopic (exact) mass is 374 g/mol. The quantitative estimate of drug-likeness (QED) is 0.240. The fourth-order valence-electron chi connectivity index (χ4n) is 1.89. The molecular weight excluding hydrogens is 348 g/mol. The van der Waals surface area contributed by atoms with Gasteiger partial charge in [-0.15, -0.1) is 0 Å². The van der Waals surface area contributed by atoms with E-state index in [2.05, 4.69) is 16.0 Å². The molecule has 3 amide bonds. The van der Waals surface area contributed by atoms with Gasteiger partial charge in [0.1, 0.15) is 18.6 Å². The van der Waals surface area contributed by atoms with Crippen molar-refractivity contribution in [2.45, 2.75) is 51.7 Å². The topological polar surface area (TPSA) is 188 Å². The van der Waals surface area contributed by atoms with Crippen LogP contribution in [-0.4, -0.2) is 64.5 Å². The minimum absolute atomic E-state index is 0.0817. The Balaban J connectivity index is 4.75. The number of nitrogens with one attached hydrogen (secondary N) is 3. The van der Waals surface area contributed by atoms with Gasteiger partial charge in [0.15, 0.2) is 0 Å². The first-order valence-corrected chi connectivity index (χ1v) is 8.03. The van der Waals surface area contributed by atoms with Crippen molar-refractivity contribution in [1.82, 2.24) is 16.0 Å². The molecule has 0 aliphatic heterocycles. The average Bonchev–Trinajstić information content (AvgIpc) is 2.54. The summed E-state index contributed by atoms with van der Waals surface area (Å²) >= 11 is 0. The van der Waals surface area contributed by atoms with E-state index in [9.17, 15) is 24.0 Å². The Bertz CT molecular complexity index is 550. The lowest BCUT2D eigenvalue weighted by atomic mass is 10.0. The molecule has 148 valence electrons. The van der Waals surface area contributed by atoms with Gasteiger partial charge in [0, 0.05) is 6.42 Å². The number of hydrogen-bond donors (Lipinski definition) is 6. The van der Waals surface area contributed by atoms with Gasteiger partial charge in [-0.25, -0.2) is 0 Å². The Morgan fingerprint density at radius 3 is 1.92 bits per heavy atom. The second kappa shape index (κ2) is 11.0. The van der Waals surface area contributed by atoms with Crippen LogP contribution in [0.15, 0.2) is 0 Å². The van der Waals surface area contributed by atoms with Crippen molar-refractivity contribution in [3.63, 3.8) is 0 Å². The molecule has 26 heavy (non-hydrogen) atoms. The second-order valence-corrected chi connectivity index (χ2v) is 6.11. The minimum Gasteiger partial charge on any atom is -0.481 e. The molecule has 0 heterocycles. The molecule has 0 fully saturated rings. The Labute approximate surface area is 150 Å². The van der Waals surface area contributed by atoms with Crippen LogP contribution in [0.1, 0.15) is 33.6 Å². The SMILES string of the molecule is CC(NC(=O)C(NC(=O)C(N)CCC(=O)O)C(C)C)C(=O)NCC(=O)O. The summed E-state index contributed by atoms with van der Waals surface area (Å²) < 4.78 is 0. The molecule has 0 radical (unpaired) electrons. The zero-order chi connectivity index (χ0) is 20.4. The number of carboxylic acids is 2. The molecule has 7 N–H and O–H groups in total. The molecule has 3 unspecified atom stereocenters. The first kappa shape index (κ1) is 23.3. The van der Waals surface area contributed by atoms with Crippen LogP contribution < -0.4 is 21.7 Å². The molecule has 11 heteroatoms. The second-order valence-electron chi connectivity index (χ2n) is 6.11. The molecule has 0 saturated heterocycles. The first-order valence-electron chi connectivity index (χ1n) is 8.03. The zero-order valence-corrected chi connectivity index (χ0v) is 14.9. The van der Waals surface area contributed by atoms with E-state index in [1.54, 1.807) is 13.8 Å². The molecule has 0 aromatic rings. The van der Waals surface area contributed by atoms with Crippen molar-refractivity contribution >= 4 is 29.7 Å². The van der Waals surface area contributed by atoms with Gasteiger partial charge in [0.2, 0.25) is 17.7 Å². The number of amides is 3. The van der Waals surface area contributed by atoms with Crippen LogP contribution in [-0.2, 0) is 24.0 Å². The predicted molar refractivity (Wildman–Crippen MR) is 89.9 cm³/mol. The van der Waals surface area contributed by atoms with Crippen molar-refractivity contribution in [2.75, 3.05) is 6.54 Å². The molecule has 0 rings (SSSR count). The highest BCUT2D eigenvalue weighted by Crippen LogP contribution is 2.04. The van der Waals surface area contributed by atoms with Gasteiger partial charge < -0.3 is 31.9 Å². The average molecular weight is 374 g/mol. The van der Waals surface area contributed by atoms with Gasteiger partial charge in [0.25, 0.3) is 0 Å². The largest absolute Gasteiger partial charge is 0.481 e. The number of nitrogens with two attached hydrogens (primary N) is 1. The molecule has 3 atom stereocenters. The van der Waals surface area contributed by atoms with Crippen molar-refractivity contribution in [2.24, 2.45) is 11.7 Å². The van der Waals surface area contributed by atoms with Crippen LogP contribution in [0.5, 0.6) is 0 Å². The lowest BCUT2D eigenvalue weighted by Gasteiger charge is -2.25. The number of aliphatic carboxylic acids is 2. The Morgan fingerprint density at radius 2 is 1.46 bits per heavy atom. The van der Waals surface area contributed by atoms with E-state index in [-0.39, 0.29) is 18.8 Å². The molecule has 0 aromatic heterocycles. The van der Waals surface area contributed by atoms with E-state index in [1.165, 1.54) is 6.92 Å². The molecule has 11 nitrogen and oxygen atoms in total. The van der Waals surface area contributed by atoms with Crippen molar-refractivity contribution in [3.05, 3.63) is 0 Å². The van der Waals surface area contributed by atoms with Crippen LogP contribution in [0.25, 0.3) is 0 Å². The van der Waals surface area contributed by atoms with Gasteiger partial charge in [0.05, 0.1) is 6.04 Å². The van der Waals surface area contributed by atoms with Gasteiger partial charge in [-0.2, -0.15) is 0 Å². The Kier molecular flexibility index (Phi) is 9.89. The van der Waals surface area contributed by atoms with E-state index in [1.807, 2.05) is 0 Å². The first-order chi connectivity index (χ1) is 12.0. The zero-order valence-electron chi connectivity index (χ0n) is 14.9. The van der Waals surface area contributed by atoms with Gasteiger partial charge in [-0.05, 0) is 19.3 Å². The Morgan fingerprint density at radius 1 is 0.885 bits per heavy atom. The summed E-state index contributed by atoms with van der Waals surface area (Å²) in [6.45, 7) is 4.12. The van der Waals surface area contributed by atoms with Crippen LogP contribution in [0.2, 0.25) is 0 Å². The van der Waals surface area contributed by atoms with Crippen molar-refractivity contribution in [3.8, 4) is 0 Å². The number of carbonyl (C=O) groups excluding carboxylic acids is 3. The van der Waals surface area contributed by atoms with E-state index in [0.29, 0.717) is 0 Å². The third kappa shape index (κ3) is 8.97. The summed E-state index contributed by atoms with van der Waals surface area (Å²) in [6, 6.07) is -3.09. The minimum atomic E-state index is -1.22. The molecule has 0 spiro atoms. The van der Waals surface area contributed by atoms with Gasteiger partial charge in [-0.1, -0.05) is 13.8 Å². The van der Waals surface area contributed by atoms with Crippen LogP contribution in [0, 0.1) is 5.92 Å². The third-order valence-corrected chi connectivity index (χ3v) is 3.42. The number of hydrogen-bond acceptors (Lipinski definition) is 6. The van der Waals surface area contributed by atoms with E-state index < -0.39 is 54.3 Å². The van der Waals surface area contributed by atoms with Crippen LogP contribution >= 0.6 is 0 Å². The fraction of sp³-hybridized carbons (Fsp3) is 0.667. The molecular formula is C15H26N4O7. The molecule has 0 aromatic carbocycles. The van der Waals surface area contributed by atoms with E-state index in [4.69, 9.17) is 15.9 Å². The Hall–Kier alpha value is -2.69. The summed E-state index contributed by atoms with van der Waals surface area (Å²) in [5, 5.41) is 24.1. The normalized spacial score (nSPS) is 14.0. The summed E-state index contributed by atoms with van der Waals surface area (Å²) in [7, 11) is 0. The molecule has 0 bridgehead atoms. The highest BCUT2D eigenvalue weighted by atomic mass is 16.4. The van der Waals surface area contributed by atoms with E-state index >= 15 is 0 Å². The van der Waals surface area contributed by atoms with E-state index in [0.717, 1.165) is 0 Å². The standard InChI is InChI=1S/C15H26N4O7/c1-7(2)12(19-14(25)9(16)4-5-10(20)21)15(26)18-8(3)13(24)17-6-11(22)23/h7-9,12H,4-6,16H2,1-3H3,(H,17,24)(H,18,26)(H,19,25)(H,20,21)(H,22,23). The maximum absolute atomic E-state index is 12.3. The smallest absolute Gasteiger partial charge is 0.322 e. The van der Waals surface area contributed by atoms with Crippen molar-refractivity contribution in [1.29, 1.82) is 0 Å². The molecule has 0 aliphatic rings. The van der Waals surface area contributed by atoms with Crippen LogP contribution in [0.4, 0.5) is 0 Å². The highest BCUT2D eigenvalue weighted by Gasteiger charge is 2.28. The van der Waals surface area contributed by atoms with Gasteiger partial charge >= 0.3 is 11.9 Å². The third-order valence-electron chi connectivity index (χ3n) is 3.42. The summed E-state index contributed by atoms with van der Waals surface area (Å²) in [4.78, 5) is 57.0. The fourth-order valence-corrected chi connectivity index (χ4v) is 1.89. The number of rotatable bonds is 11. The summed E-state index contributed by atoms with van der Waals surface area (Å²) in [5.41, 5.74) is 5.60. The number of carbonyl (C=O) groups is 5. The maximum atomic E-state index is 12.3.